The number of amides is 2. The average molecular weight is 517 g/mol. The average Bonchev–Trinajstić information content (AvgIpc) is 2.77. The van der Waals surface area contributed by atoms with Crippen molar-refractivity contribution < 1.29 is 43.8 Å². The van der Waals surface area contributed by atoms with Gasteiger partial charge in [0.1, 0.15) is 5.75 Å². The Balaban J connectivity index is 1.77. The molecule has 0 bridgehead atoms. The molecule has 6 unspecified atom stereocenters. The number of likely N-dealkylation sites (N-methyl/N-ethyl adjacent to an activating group) is 1. The van der Waals surface area contributed by atoms with Crippen LogP contribution in [0.2, 0.25) is 0 Å². The highest BCUT2D eigenvalue weighted by Gasteiger charge is 2.69. The molecule has 37 heavy (non-hydrogen) atoms. The fourth-order valence-corrected chi connectivity index (χ4v) is 5.98. The minimum absolute atomic E-state index is 0.0418. The lowest BCUT2D eigenvalue weighted by Crippen LogP contribution is -2.74. The third-order valence-corrected chi connectivity index (χ3v) is 7.44. The number of carbonyl (C=O) groups excluding carboxylic acids is 6. The molecular formula is C24H28N4O9. The number of fused-ring (bicyclic) bond motifs is 3. The van der Waals surface area contributed by atoms with Gasteiger partial charge in [-0.3, -0.25) is 34.2 Å². The summed E-state index contributed by atoms with van der Waals surface area (Å²) >= 11 is 0. The van der Waals surface area contributed by atoms with Crippen LogP contribution in [-0.2, 0) is 30.4 Å². The van der Waals surface area contributed by atoms with Gasteiger partial charge in [-0.1, -0.05) is 6.07 Å². The standard InChI is InChI=1S/C24H28N4O9/c1-27(2)16-11-8-10-7-9-5-6-12(26-23(35)37-28(3)4)17(29)13(9)18(30)14(10)20(32)24(11,36)21(33)15(19(16)31)22(25)34/h5-6,10-11,14-16,29,36H,7-8H2,1-4H3,(H2,25,34)(H,26,35). The number of hydrogen-bond donors (Lipinski definition) is 4. The van der Waals surface area contributed by atoms with Crippen LogP contribution in [0.25, 0.3) is 0 Å². The van der Waals surface area contributed by atoms with Gasteiger partial charge in [0.25, 0.3) is 0 Å². The molecule has 0 aromatic heterocycles. The number of hydroxylamine groups is 2. The minimum Gasteiger partial charge on any atom is -0.505 e. The van der Waals surface area contributed by atoms with Crippen LogP contribution < -0.4 is 11.1 Å². The van der Waals surface area contributed by atoms with Crippen molar-refractivity contribution in [1.82, 2.24) is 9.96 Å². The second kappa shape index (κ2) is 9.01. The van der Waals surface area contributed by atoms with Crippen molar-refractivity contribution in [1.29, 1.82) is 0 Å². The summed E-state index contributed by atoms with van der Waals surface area (Å²) in [5.74, 6) is -11.4. The summed E-state index contributed by atoms with van der Waals surface area (Å²) < 4.78 is 0. The van der Waals surface area contributed by atoms with Gasteiger partial charge >= 0.3 is 6.09 Å². The first kappa shape index (κ1) is 26.4. The van der Waals surface area contributed by atoms with Gasteiger partial charge in [0.05, 0.1) is 23.2 Å². The minimum atomic E-state index is -2.79. The lowest BCUT2D eigenvalue weighted by molar-refractivity contribution is -0.181. The van der Waals surface area contributed by atoms with Gasteiger partial charge in [-0.15, -0.1) is 5.06 Å². The Bertz CT molecular complexity index is 1240. The highest BCUT2D eigenvalue weighted by atomic mass is 16.7. The molecule has 0 spiro atoms. The molecule has 0 aliphatic heterocycles. The van der Waals surface area contributed by atoms with Crippen molar-refractivity contribution in [2.45, 2.75) is 24.5 Å². The Morgan fingerprint density at radius 3 is 2.32 bits per heavy atom. The number of rotatable bonds is 4. The zero-order valence-electron chi connectivity index (χ0n) is 20.7. The smallest absolute Gasteiger partial charge is 0.430 e. The molecule has 0 radical (unpaired) electrons. The molecule has 13 heteroatoms. The normalized spacial score (nSPS) is 31.1. The third-order valence-electron chi connectivity index (χ3n) is 7.44. The Kier molecular flexibility index (Phi) is 6.42. The van der Waals surface area contributed by atoms with E-state index in [4.69, 9.17) is 10.6 Å². The molecule has 2 saturated carbocycles. The van der Waals surface area contributed by atoms with Crippen LogP contribution >= 0.6 is 0 Å². The third kappa shape index (κ3) is 3.90. The van der Waals surface area contributed by atoms with E-state index in [0.717, 1.165) is 5.06 Å². The molecule has 6 atom stereocenters. The van der Waals surface area contributed by atoms with Crippen LogP contribution in [0.15, 0.2) is 12.1 Å². The van der Waals surface area contributed by atoms with E-state index in [2.05, 4.69) is 5.32 Å². The van der Waals surface area contributed by atoms with E-state index in [-0.39, 0.29) is 24.1 Å². The molecule has 1 aromatic rings. The number of nitrogens with two attached hydrogens (primary N) is 1. The van der Waals surface area contributed by atoms with E-state index >= 15 is 0 Å². The quantitative estimate of drug-likeness (QED) is 0.215. The lowest BCUT2D eigenvalue weighted by atomic mass is 9.52. The van der Waals surface area contributed by atoms with Gasteiger partial charge in [-0.05, 0) is 44.5 Å². The first-order valence-electron chi connectivity index (χ1n) is 11.6. The monoisotopic (exact) mass is 516 g/mol. The van der Waals surface area contributed by atoms with Crippen molar-refractivity contribution in [3.8, 4) is 5.75 Å². The van der Waals surface area contributed by atoms with E-state index in [9.17, 15) is 39.0 Å². The molecule has 2 fully saturated rings. The van der Waals surface area contributed by atoms with Gasteiger partial charge < -0.3 is 20.8 Å². The van der Waals surface area contributed by atoms with Crippen molar-refractivity contribution in [3.63, 3.8) is 0 Å². The fourth-order valence-electron chi connectivity index (χ4n) is 5.98. The predicted molar refractivity (Wildman–Crippen MR) is 125 cm³/mol. The number of anilines is 1. The molecule has 0 heterocycles. The van der Waals surface area contributed by atoms with Crippen LogP contribution in [0.5, 0.6) is 5.75 Å². The molecule has 198 valence electrons. The summed E-state index contributed by atoms with van der Waals surface area (Å²) in [6.07, 6.45) is -0.848. The molecule has 13 nitrogen and oxygen atoms in total. The zero-order valence-corrected chi connectivity index (χ0v) is 20.7. The maximum atomic E-state index is 13.7. The number of hydrogen-bond acceptors (Lipinski definition) is 11. The number of phenolic OH excluding ortho intramolecular Hbond substituents is 1. The van der Waals surface area contributed by atoms with Crippen LogP contribution in [-0.4, -0.2) is 95.1 Å². The number of ketones is 4. The molecule has 4 rings (SSSR count). The van der Waals surface area contributed by atoms with Crippen LogP contribution in [0, 0.1) is 23.7 Å². The van der Waals surface area contributed by atoms with Gasteiger partial charge in [0.2, 0.25) is 5.91 Å². The number of benzene rings is 1. The zero-order chi connectivity index (χ0) is 27.6. The van der Waals surface area contributed by atoms with Crippen LogP contribution in [0.4, 0.5) is 10.5 Å². The summed E-state index contributed by atoms with van der Waals surface area (Å²) in [7, 11) is 5.96. The van der Waals surface area contributed by atoms with E-state index in [1.54, 1.807) is 0 Å². The Labute approximate surface area is 211 Å². The molecule has 2 amide bonds. The maximum Gasteiger partial charge on any atom is 0.430 e. The Morgan fingerprint density at radius 1 is 1.11 bits per heavy atom. The van der Waals surface area contributed by atoms with E-state index in [0.29, 0.717) is 5.56 Å². The largest absolute Gasteiger partial charge is 0.505 e. The van der Waals surface area contributed by atoms with Gasteiger partial charge in [-0.2, -0.15) is 0 Å². The van der Waals surface area contributed by atoms with Gasteiger partial charge in [0, 0.05) is 20.0 Å². The topological polar surface area (TPSA) is 197 Å². The van der Waals surface area contributed by atoms with Gasteiger partial charge in [-0.25, -0.2) is 4.79 Å². The highest BCUT2D eigenvalue weighted by Crippen LogP contribution is 2.51. The van der Waals surface area contributed by atoms with E-state index in [1.165, 1.54) is 45.2 Å². The first-order valence-corrected chi connectivity index (χ1v) is 11.6. The molecule has 0 saturated heterocycles. The summed E-state index contributed by atoms with van der Waals surface area (Å²) in [4.78, 5) is 83.8. The number of aliphatic hydroxyl groups is 1. The number of phenols is 1. The Morgan fingerprint density at radius 2 is 1.76 bits per heavy atom. The number of carbonyl (C=O) groups is 6. The number of nitrogens with one attached hydrogen (secondary N) is 1. The van der Waals surface area contributed by atoms with Gasteiger partial charge in [0.15, 0.2) is 34.7 Å². The van der Waals surface area contributed by atoms with Crippen molar-refractivity contribution >= 4 is 40.8 Å². The highest BCUT2D eigenvalue weighted by molar-refractivity contribution is 6.32. The SMILES string of the molecule is CN(C)OC(=O)Nc1ccc2c(c1O)C(=O)C1C(=O)C3(O)C(=O)C(C(N)=O)C(=O)C(N(C)C)C3CC1C2. The number of Topliss-reactive ketones (excluding diaryl/α,β-unsaturated/α-hetero) is 4. The van der Waals surface area contributed by atoms with Crippen LogP contribution in [0.3, 0.4) is 0 Å². The van der Waals surface area contributed by atoms with Crippen LogP contribution in [0.1, 0.15) is 22.3 Å². The number of aromatic hydroxyl groups is 1. The van der Waals surface area contributed by atoms with Crippen molar-refractivity contribution in [3.05, 3.63) is 23.3 Å². The summed E-state index contributed by atoms with van der Waals surface area (Å²) in [5, 5.41) is 25.8. The number of primary amides is 1. The van der Waals surface area contributed by atoms with E-state index < -0.39 is 76.2 Å². The Hall–Kier alpha value is -3.68. The summed E-state index contributed by atoms with van der Waals surface area (Å²) in [6.45, 7) is 0. The molecule has 3 aliphatic rings. The van der Waals surface area contributed by atoms with Crippen molar-refractivity contribution in [2.75, 3.05) is 33.5 Å². The molecule has 1 aromatic carbocycles. The second-order valence-corrected chi connectivity index (χ2v) is 10.1. The lowest BCUT2D eigenvalue weighted by Gasteiger charge is -2.52. The molecular weight excluding hydrogens is 488 g/mol. The first-order chi connectivity index (χ1) is 17.2. The predicted octanol–water partition coefficient (Wildman–Crippen LogP) is -1.11. The maximum absolute atomic E-state index is 13.7. The molecule has 3 aliphatic carbocycles. The molecule has 5 N–H and O–H groups in total. The summed E-state index contributed by atoms with van der Waals surface area (Å²) in [5.41, 5.74) is 2.54. The summed E-state index contributed by atoms with van der Waals surface area (Å²) in [6, 6.07) is 1.74. The fraction of sp³-hybridized carbons (Fsp3) is 0.500. The second-order valence-electron chi connectivity index (χ2n) is 10.1. The van der Waals surface area contributed by atoms with E-state index in [1.807, 2.05) is 0 Å². The van der Waals surface area contributed by atoms with Crippen molar-refractivity contribution in [2.24, 2.45) is 29.4 Å². The number of nitrogens with zero attached hydrogens (tertiary/aromatic N) is 2.